The van der Waals surface area contributed by atoms with Crippen LogP contribution in [0.15, 0.2) is 61.7 Å². The fraction of sp³-hybridized carbons (Fsp3) is 0.0952. The second-order valence-corrected chi connectivity index (χ2v) is 4.94. The summed E-state index contributed by atoms with van der Waals surface area (Å²) in [5, 5.41) is 0.617. The Hall–Kier alpha value is -2.38. The van der Waals surface area contributed by atoms with Gasteiger partial charge in [0.15, 0.2) is 5.78 Å². The third-order valence-corrected chi connectivity index (χ3v) is 3.36. The quantitative estimate of drug-likeness (QED) is 0.450. The van der Waals surface area contributed by atoms with Gasteiger partial charge in [0.25, 0.3) is 0 Å². The van der Waals surface area contributed by atoms with E-state index in [1.165, 1.54) is 0 Å². The Morgan fingerprint density at radius 1 is 0.957 bits per heavy atom. The maximum absolute atomic E-state index is 12.0. The summed E-state index contributed by atoms with van der Waals surface area (Å²) in [6, 6.07) is 12.7. The van der Waals surface area contributed by atoms with Gasteiger partial charge in [0.2, 0.25) is 0 Å². The molecule has 0 radical (unpaired) electrons. The van der Waals surface area contributed by atoms with Crippen LogP contribution in [0.3, 0.4) is 0 Å². The number of allylic oxidation sites excluding steroid dienone is 1. The van der Waals surface area contributed by atoms with Crippen LogP contribution in [0.25, 0.3) is 18.2 Å². The van der Waals surface area contributed by atoms with Crippen molar-refractivity contribution >= 4 is 35.6 Å². The molecule has 0 aromatic heterocycles. The van der Waals surface area contributed by atoms with Gasteiger partial charge in [-0.15, -0.1) is 0 Å². The molecule has 1 nitrogen and oxygen atoms in total. The molecule has 0 spiro atoms. The number of carbonyl (C=O) groups is 1. The summed E-state index contributed by atoms with van der Waals surface area (Å²) in [6.45, 7) is 11.5. The number of carbonyl (C=O) groups excluding carboxylic acids is 1. The summed E-state index contributed by atoms with van der Waals surface area (Å²) >= 11 is 5.80. The van der Waals surface area contributed by atoms with Crippen molar-refractivity contribution in [2.24, 2.45) is 0 Å². The van der Waals surface area contributed by atoms with Gasteiger partial charge in [-0.2, -0.15) is 0 Å². The first-order chi connectivity index (χ1) is 11.1. The predicted octanol–water partition coefficient (Wildman–Crippen LogP) is 6.55. The van der Waals surface area contributed by atoms with Crippen molar-refractivity contribution in [3.05, 3.63) is 89.0 Å². The smallest absolute Gasteiger partial charge is 0.185 e. The molecule has 0 N–H and O–H groups in total. The topological polar surface area (TPSA) is 17.1 Å². The van der Waals surface area contributed by atoms with E-state index in [-0.39, 0.29) is 5.78 Å². The average molecular weight is 325 g/mol. The molecule has 0 unspecified atom stereocenters. The van der Waals surface area contributed by atoms with Gasteiger partial charge in [-0.1, -0.05) is 69.0 Å². The zero-order valence-electron chi connectivity index (χ0n) is 13.6. The highest BCUT2D eigenvalue weighted by Crippen LogP contribution is 2.16. The molecule has 0 bridgehead atoms. The normalized spacial score (nSPS) is 9.87. The van der Waals surface area contributed by atoms with Gasteiger partial charge in [0.05, 0.1) is 0 Å². The van der Waals surface area contributed by atoms with Crippen LogP contribution in [0, 0.1) is 0 Å². The molecular weight excluding hydrogens is 304 g/mol. The third-order valence-electron chi connectivity index (χ3n) is 3.11. The van der Waals surface area contributed by atoms with E-state index in [4.69, 9.17) is 11.6 Å². The predicted molar refractivity (Wildman–Crippen MR) is 103 cm³/mol. The summed E-state index contributed by atoms with van der Waals surface area (Å²) in [5.41, 5.74) is 3.57. The standard InChI is InChI=1S/C19H15ClO.C2H6/c1-3-15-7-5-14(13-16(15)4-2)6-12-19(21)17-8-10-18(20)11-9-17;1-2/h3-13H,1-2H2;1-2H3/b12-6+;. The first kappa shape index (κ1) is 18.7. The van der Waals surface area contributed by atoms with E-state index >= 15 is 0 Å². The molecule has 0 atom stereocenters. The molecule has 0 saturated carbocycles. The maximum Gasteiger partial charge on any atom is 0.185 e. The molecule has 23 heavy (non-hydrogen) atoms. The van der Waals surface area contributed by atoms with Gasteiger partial charge in [-0.3, -0.25) is 4.79 Å². The van der Waals surface area contributed by atoms with E-state index in [9.17, 15) is 4.79 Å². The van der Waals surface area contributed by atoms with Crippen LogP contribution in [-0.4, -0.2) is 5.78 Å². The van der Waals surface area contributed by atoms with Crippen LogP contribution in [-0.2, 0) is 0 Å². The third kappa shape index (κ3) is 5.39. The highest BCUT2D eigenvalue weighted by Gasteiger charge is 2.01. The SMILES string of the molecule is C=Cc1ccc(/C=C/C(=O)c2ccc(Cl)cc2)cc1C=C.CC. The fourth-order valence-electron chi connectivity index (χ4n) is 1.94. The van der Waals surface area contributed by atoms with Crippen molar-refractivity contribution in [2.75, 3.05) is 0 Å². The lowest BCUT2D eigenvalue weighted by Crippen LogP contribution is -1.93. The van der Waals surface area contributed by atoms with E-state index < -0.39 is 0 Å². The monoisotopic (exact) mass is 324 g/mol. The van der Waals surface area contributed by atoms with Gasteiger partial charge in [0.1, 0.15) is 0 Å². The van der Waals surface area contributed by atoms with Crippen LogP contribution >= 0.6 is 11.6 Å². The first-order valence-corrected chi connectivity index (χ1v) is 7.89. The molecule has 118 valence electrons. The first-order valence-electron chi connectivity index (χ1n) is 7.51. The average Bonchev–Trinajstić information content (AvgIpc) is 2.61. The number of benzene rings is 2. The number of rotatable bonds is 5. The van der Waals surface area contributed by atoms with E-state index in [1.54, 1.807) is 48.6 Å². The summed E-state index contributed by atoms with van der Waals surface area (Å²) < 4.78 is 0. The van der Waals surface area contributed by atoms with Crippen molar-refractivity contribution in [1.29, 1.82) is 0 Å². The zero-order valence-corrected chi connectivity index (χ0v) is 14.3. The van der Waals surface area contributed by atoms with Crippen molar-refractivity contribution in [2.45, 2.75) is 13.8 Å². The lowest BCUT2D eigenvalue weighted by atomic mass is 10.0. The summed E-state index contributed by atoms with van der Waals surface area (Å²) in [6.07, 6.45) is 6.90. The maximum atomic E-state index is 12.0. The van der Waals surface area contributed by atoms with Crippen LogP contribution in [0.4, 0.5) is 0 Å². The van der Waals surface area contributed by atoms with Crippen LogP contribution in [0.5, 0.6) is 0 Å². The fourth-order valence-corrected chi connectivity index (χ4v) is 2.07. The lowest BCUT2D eigenvalue weighted by molar-refractivity contribution is 0.104. The molecular formula is C21H21ClO. The molecule has 2 aromatic rings. The Morgan fingerprint density at radius 3 is 2.13 bits per heavy atom. The Morgan fingerprint density at radius 2 is 1.57 bits per heavy atom. The molecule has 0 saturated heterocycles. The molecule has 0 fully saturated rings. The van der Waals surface area contributed by atoms with Gasteiger partial charge in [-0.05, 0) is 53.1 Å². The number of halogens is 1. The van der Waals surface area contributed by atoms with Crippen molar-refractivity contribution in [3.63, 3.8) is 0 Å². The minimum atomic E-state index is -0.0559. The van der Waals surface area contributed by atoms with Gasteiger partial charge in [0, 0.05) is 10.6 Å². The molecule has 0 aliphatic rings. The number of ketones is 1. The molecule has 2 aromatic carbocycles. The molecule has 0 aliphatic carbocycles. The van der Waals surface area contributed by atoms with E-state index in [0.717, 1.165) is 16.7 Å². The van der Waals surface area contributed by atoms with E-state index in [1.807, 2.05) is 32.0 Å². The van der Waals surface area contributed by atoms with Crippen molar-refractivity contribution in [1.82, 2.24) is 0 Å². The molecule has 0 aliphatic heterocycles. The minimum absolute atomic E-state index is 0.0559. The highest BCUT2D eigenvalue weighted by atomic mass is 35.5. The van der Waals surface area contributed by atoms with E-state index in [2.05, 4.69) is 13.2 Å². The van der Waals surface area contributed by atoms with Crippen molar-refractivity contribution in [3.8, 4) is 0 Å². The van der Waals surface area contributed by atoms with Gasteiger partial charge in [-0.25, -0.2) is 0 Å². The summed E-state index contributed by atoms with van der Waals surface area (Å²) in [4.78, 5) is 12.0. The van der Waals surface area contributed by atoms with Gasteiger partial charge < -0.3 is 0 Å². The lowest BCUT2D eigenvalue weighted by Gasteiger charge is -2.02. The Balaban J connectivity index is 0.00000127. The van der Waals surface area contributed by atoms with Crippen LogP contribution < -0.4 is 0 Å². The second-order valence-electron chi connectivity index (χ2n) is 4.50. The zero-order chi connectivity index (χ0) is 17.2. The summed E-state index contributed by atoms with van der Waals surface area (Å²) in [5.74, 6) is -0.0559. The Labute approximate surface area is 143 Å². The highest BCUT2D eigenvalue weighted by molar-refractivity contribution is 6.30. The number of hydrogen-bond acceptors (Lipinski definition) is 1. The second kappa shape index (κ2) is 9.60. The molecule has 0 heterocycles. The Kier molecular flexibility index (Phi) is 7.79. The molecule has 0 amide bonds. The Bertz CT molecular complexity index is 709. The van der Waals surface area contributed by atoms with Crippen LogP contribution in [0.2, 0.25) is 5.02 Å². The molecule has 2 rings (SSSR count). The van der Waals surface area contributed by atoms with Crippen LogP contribution in [0.1, 0.15) is 40.9 Å². The molecule has 2 heteroatoms. The minimum Gasteiger partial charge on any atom is -0.289 e. The largest absolute Gasteiger partial charge is 0.289 e. The van der Waals surface area contributed by atoms with E-state index in [0.29, 0.717) is 10.6 Å². The number of hydrogen-bond donors (Lipinski definition) is 0. The van der Waals surface area contributed by atoms with Crippen molar-refractivity contribution < 1.29 is 4.79 Å². The summed E-state index contributed by atoms with van der Waals surface area (Å²) in [7, 11) is 0. The van der Waals surface area contributed by atoms with Gasteiger partial charge >= 0.3 is 0 Å².